The van der Waals surface area contributed by atoms with Gasteiger partial charge in [-0.1, -0.05) is 72.4 Å². The van der Waals surface area contributed by atoms with Gasteiger partial charge in [0.25, 0.3) is 0 Å². The molecule has 0 atom stereocenters. The van der Waals surface area contributed by atoms with E-state index in [-0.39, 0.29) is 0 Å². The second-order valence-electron chi connectivity index (χ2n) is 4.82. The summed E-state index contributed by atoms with van der Waals surface area (Å²) in [4.78, 5) is 4.62. The summed E-state index contributed by atoms with van der Waals surface area (Å²) in [5.41, 5.74) is 2.56. The van der Waals surface area contributed by atoms with E-state index in [2.05, 4.69) is 89.9 Å². The van der Waals surface area contributed by atoms with Crippen molar-refractivity contribution in [2.24, 2.45) is 0 Å². The fourth-order valence-electron chi connectivity index (χ4n) is 2.12. The molecule has 2 nitrogen and oxygen atoms in total. The molecule has 0 aliphatic carbocycles. The van der Waals surface area contributed by atoms with Crippen LogP contribution in [0.2, 0.25) is 0 Å². The molecule has 5 heteroatoms. The summed E-state index contributed by atoms with van der Waals surface area (Å²) in [5.74, 6) is 0.908. The molecule has 2 aromatic carbocycles. The van der Waals surface area contributed by atoms with Gasteiger partial charge < -0.3 is 4.57 Å². The summed E-state index contributed by atoms with van der Waals surface area (Å²) < 4.78 is 4.01. The average molecular weight is 438 g/mol. The summed E-state index contributed by atoms with van der Waals surface area (Å²) in [6.45, 7) is 0.803. The van der Waals surface area contributed by atoms with Crippen LogP contribution >= 0.6 is 43.6 Å². The molecule has 0 radical (unpaired) electrons. The van der Waals surface area contributed by atoms with Gasteiger partial charge in [0.2, 0.25) is 0 Å². The highest BCUT2D eigenvalue weighted by Crippen LogP contribution is 2.31. The molecule has 1 heterocycles. The van der Waals surface area contributed by atoms with Gasteiger partial charge in [-0.05, 0) is 43.0 Å². The second kappa shape index (κ2) is 7.49. The van der Waals surface area contributed by atoms with E-state index < -0.39 is 0 Å². The summed E-state index contributed by atoms with van der Waals surface area (Å²) >= 11 is 8.89. The van der Waals surface area contributed by atoms with E-state index in [1.165, 1.54) is 11.1 Å². The van der Waals surface area contributed by atoms with Crippen molar-refractivity contribution < 1.29 is 0 Å². The highest BCUT2D eigenvalue weighted by Gasteiger charge is 2.14. The standard InChI is InChI=1S/C17H14Br2N2S/c18-15-16(19)21(11-13-7-3-1-4-8-13)17(20-15)22-12-14-9-5-2-6-10-14/h1-10H,11-12H2. The van der Waals surface area contributed by atoms with Gasteiger partial charge in [-0.3, -0.25) is 0 Å². The van der Waals surface area contributed by atoms with E-state index in [0.29, 0.717) is 0 Å². The molecule has 0 N–H and O–H groups in total. The summed E-state index contributed by atoms with van der Waals surface area (Å²) in [5, 5.41) is 1.01. The number of hydrogen-bond acceptors (Lipinski definition) is 2. The number of imidazole rings is 1. The molecule has 0 spiro atoms. The van der Waals surface area contributed by atoms with Crippen LogP contribution in [0.5, 0.6) is 0 Å². The van der Waals surface area contributed by atoms with Gasteiger partial charge >= 0.3 is 0 Å². The smallest absolute Gasteiger partial charge is 0.170 e. The number of halogens is 2. The lowest BCUT2D eigenvalue weighted by molar-refractivity contribution is 0.695. The first-order chi connectivity index (χ1) is 10.7. The fraction of sp³-hybridized carbons (Fsp3) is 0.118. The van der Waals surface area contributed by atoms with Gasteiger partial charge in [-0.15, -0.1) is 0 Å². The lowest BCUT2D eigenvalue weighted by Gasteiger charge is -2.09. The molecule has 0 amide bonds. The lowest BCUT2D eigenvalue weighted by Crippen LogP contribution is -2.02. The van der Waals surface area contributed by atoms with Crippen LogP contribution in [0.3, 0.4) is 0 Å². The molecule has 0 unspecified atom stereocenters. The van der Waals surface area contributed by atoms with Crippen molar-refractivity contribution in [1.82, 2.24) is 9.55 Å². The topological polar surface area (TPSA) is 17.8 Å². The van der Waals surface area contributed by atoms with E-state index in [0.717, 1.165) is 26.7 Å². The van der Waals surface area contributed by atoms with E-state index in [1.54, 1.807) is 11.8 Å². The molecular formula is C17H14Br2N2S. The summed E-state index contributed by atoms with van der Waals surface area (Å²) in [6, 6.07) is 20.9. The predicted molar refractivity (Wildman–Crippen MR) is 99.2 cm³/mol. The number of nitrogens with zero attached hydrogens (tertiary/aromatic N) is 2. The van der Waals surface area contributed by atoms with Gasteiger partial charge in [0.05, 0.1) is 6.54 Å². The van der Waals surface area contributed by atoms with Crippen LogP contribution in [0.25, 0.3) is 0 Å². The van der Waals surface area contributed by atoms with Crippen molar-refractivity contribution >= 4 is 43.6 Å². The largest absolute Gasteiger partial charge is 0.308 e. The predicted octanol–water partition coefficient (Wildman–Crippen LogP) is 5.75. The van der Waals surface area contributed by atoms with Crippen molar-refractivity contribution in [3.63, 3.8) is 0 Å². The number of rotatable bonds is 5. The van der Waals surface area contributed by atoms with E-state index in [4.69, 9.17) is 0 Å². The zero-order valence-electron chi connectivity index (χ0n) is 11.7. The Kier molecular flexibility index (Phi) is 5.39. The molecule has 0 aliphatic heterocycles. The third kappa shape index (κ3) is 3.83. The Bertz CT molecular complexity index is 742. The monoisotopic (exact) mass is 436 g/mol. The van der Waals surface area contributed by atoms with Gasteiger partial charge in [0, 0.05) is 5.75 Å². The molecule has 112 valence electrons. The van der Waals surface area contributed by atoms with Crippen molar-refractivity contribution in [3.05, 3.63) is 81.0 Å². The Morgan fingerprint density at radius 2 is 1.45 bits per heavy atom. The molecule has 0 saturated heterocycles. The van der Waals surface area contributed by atoms with Crippen LogP contribution in [-0.2, 0) is 12.3 Å². The molecule has 0 aliphatic rings. The van der Waals surface area contributed by atoms with Crippen LogP contribution in [0, 0.1) is 0 Å². The Balaban J connectivity index is 1.80. The normalized spacial score (nSPS) is 10.8. The number of aromatic nitrogens is 2. The maximum Gasteiger partial charge on any atom is 0.170 e. The summed E-state index contributed by atoms with van der Waals surface area (Å²) in [7, 11) is 0. The minimum Gasteiger partial charge on any atom is -0.308 e. The molecule has 3 aromatic rings. The van der Waals surface area contributed by atoms with Crippen molar-refractivity contribution in [3.8, 4) is 0 Å². The molecule has 0 saturated carbocycles. The number of hydrogen-bond donors (Lipinski definition) is 0. The maximum atomic E-state index is 4.62. The first kappa shape index (κ1) is 15.8. The number of thioether (sulfide) groups is 1. The van der Waals surface area contributed by atoms with Crippen LogP contribution in [-0.4, -0.2) is 9.55 Å². The molecule has 22 heavy (non-hydrogen) atoms. The van der Waals surface area contributed by atoms with E-state index in [9.17, 15) is 0 Å². The van der Waals surface area contributed by atoms with Gasteiger partial charge in [0.1, 0.15) is 9.21 Å². The SMILES string of the molecule is Brc1nc(SCc2ccccc2)n(Cc2ccccc2)c1Br. The fourth-order valence-corrected chi connectivity index (χ4v) is 4.08. The van der Waals surface area contributed by atoms with Gasteiger partial charge in [-0.2, -0.15) is 0 Å². The highest BCUT2D eigenvalue weighted by molar-refractivity contribution is 9.13. The third-order valence-electron chi connectivity index (χ3n) is 3.23. The van der Waals surface area contributed by atoms with E-state index >= 15 is 0 Å². The van der Waals surface area contributed by atoms with Gasteiger partial charge in [-0.25, -0.2) is 4.98 Å². The minimum absolute atomic E-state index is 0.803. The Labute approximate surface area is 151 Å². The Morgan fingerprint density at radius 1 is 0.864 bits per heavy atom. The van der Waals surface area contributed by atoms with Crippen LogP contribution < -0.4 is 0 Å². The zero-order chi connectivity index (χ0) is 15.4. The zero-order valence-corrected chi connectivity index (χ0v) is 15.7. The number of benzene rings is 2. The van der Waals surface area contributed by atoms with Crippen molar-refractivity contribution in [1.29, 1.82) is 0 Å². The Morgan fingerprint density at radius 3 is 2.09 bits per heavy atom. The van der Waals surface area contributed by atoms with Crippen LogP contribution in [0.4, 0.5) is 0 Å². The minimum atomic E-state index is 0.803. The first-order valence-electron chi connectivity index (χ1n) is 6.86. The first-order valence-corrected chi connectivity index (χ1v) is 9.43. The quantitative estimate of drug-likeness (QED) is 0.473. The average Bonchev–Trinajstić information content (AvgIpc) is 2.83. The van der Waals surface area contributed by atoms with Crippen molar-refractivity contribution in [2.45, 2.75) is 17.5 Å². The van der Waals surface area contributed by atoms with Crippen LogP contribution in [0.1, 0.15) is 11.1 Å². The molecule has 3 rings (SSSR count). The highest BCUT2D eigenvalue weighted by atomic mass is 79.9. The van der Waals surface area contributed by atoms with Crippen LogP contribution in [0.15, 0.2) is 75.0 Å². The Hall–Kier alpha value is -1.04. The van der Waals surface area contributed by atoms with E-state index in [1.807, 2.05) is 12.1 Å². The summed E-state index contributed by atoms with van der Waals surface area (Å²) in [6.07, 6.45) is 0. The molecule has 0 bridgehead atoms. The lowest BCUT2D eigenvalue weighted by atomic mass is 10.2. The van der Waals surface area contributed by atoms with Crippen molar-refractivity contribution in [2.75, 3.05) is 0 Å². The second-order valence-corrected chi connectivity index (χ2v) is 7.27. The third-order valence-corrected chi connectivity index (χ3v) is 6.16. The van der Waals surface area contributed by atoms with Gasteiger partial charge in [0.15, 0.2) is 5.16 Å². The molecule has 0 fully saturated rings. The molecular weight excluding hydrogens is 424 g/mol. The maximum absolute atomic E-state index is 4.62. The molecule has 1 aromatic heterocycles.